The second-order valence-electron chi connectivity index (χ2n) is 15.9. The van der Waals surface area contributed by atoms with Gasteiger partial charge in [-0.05, 0) is 83.5 Å². The van der Waals surface area contributed by atoms with Gasteiger partial charge in [-0.15, -0.1) is 0 Å². The van der Waals surface area contributed by atoms with Crippen LogP contribution in [0.5, 0.6) is 0 Å². The molecule has 0 saturated heterocycles. The quantitative estimate of drug-likeness (QED) is 0.0149. The molecule has 63 heavy (non-hydrogen) atoms. The number of carbonyl (C=O) groups excluding carboxylic acids is 2. The van der Waals surface area contributed by atoms with Crippen molar-refractivity contribution in [3.8, 4) is 0 Å². The highest BCUT2D eigenvalue weighted by Crippen LogP contribution is 2.47. The Morgan fingerprint density at radius 1 is 0.492 bits per heavy atom. The summed E-state index contributed by atoms with van der Waals surface area (Å²) in [5.74, 6) is -1.22. The normalized spacial score (nSPS) is 22.5. The Labute approximate surface area is 378 Å². The first-order valence-electron chi connectivity index (χ1n) is 23.4. The Bertz CT molecular complexity index is 1420. The number of ether oxygens (including phenoxy) is 2. The number of phosphoric acid groups is 1. The monoisotopic (exact) mass is 909 g/mol. The van der Waals surface area contributed by atoms with Crippen LogP contribution in [0.2, 0.25) is 0 Å². The number of rotatable bonds is 37. The van der Waals surface area contributed by atoms with Gasteiger partial charge in [-0.25, -0.2) is 4.57 Å². The molecule has 0 bridgehead atoms. The number of unbranched alkanes of at least 4 members (excludes halogenated alkanes) is 11. The van der Waals surface area contributed by atoms with Gasteiger partial charge in [0.25, 0.3) is 0 Å². The first-order chi connectivity index (χ1) is 30.4. The van der Waals surface area contributed by atoms with E-state index in [2.05, 4.69) is 80.7 Å². The first-order valence-corrected chi connectivity index (χ1v) is 24.9. The lowest BCUT2D eigenvalue weighted by Gasteiger charge is -2.41. The molecule has 0 spiro atoms. The van der Waals surface area contributed by atoms with Crippen LogP contribution in [0.1, 0.15) is 155 Å². The summed E-state index contributed by atoms with van der Waals surface area (Å²) in [7, 11) is -5.15. The van der Waals surface area contributed by atoms with Crippen LogP contribution in [0.4, 0.5) is 0 Å². The van der Waals surface area contributed by atoms with E-state index in [1.165, 1.54) is 38.5 Å². The average molecular weight is 909 g/mol. The molecule has 1 aliphatic rings. The summed E-state index contributed by atoms with van der Waals surface area (Å²) >= 11 is 0. The lowest BCUT2D eigenvalue weighted by molar-refractivity contribution is -0.220. The third kappa shape index (κ3) is 30.7. The Hall–Kier alpha value is -2.97. The number of phosphoric ester groups is 1. The number of allylic oxidation sites excluding steroid dienone is 14. The van der Waals surface area contributed by atoms with E-state index in [9.17, 15) is 44.6 Å². The number of esters is 2. The smallest absolute Gasteiger partial charge is 0.462 e. The maximum atomic E-state index is 12.8. The van der Waals surface area contributed by atoms with E-state index in [-0.39, 0.29) is 12.8 Å². The van der Waals surface area contributed by atoms with Crippen molar-refractivity contribution < 1.29 is 63.1 Å². The van der Waals surface area contributed by atoms with Gasteiger partial charge in [0.2, 0.25) is 0 Å². The summed E-state index contributed by atoms with van der Waals surface area (Å²) in [4.78, 5) is 35.7. The summed E-state index contributed by atoms with van der Waals surface area (Å²) in [5.41, 5.74) is 0. The predicted molar refractivity (Wildman–Crippen MR) is 248 cm³/mol. The number of carbonyl (C=O) groups is 2. The minimum absolute atomic E-state index is 0.0343. The molecule has 0 radical (unpaired) electrons. The molecule has 360 valence electrons. The molecule has 0 aromatic rings. The van der Waals surface area contributed by atoms with Gasteiger partial charge in [-0.2, -0.15) is 0 Å². The molecule has 0 aromatic carbocycles. The van der Waals surface area contributed by atoms with E-state index in [1.807, 2.05) is 18.2 Å². The van der Waals surface area contributed by atoms with Gasteiger partial charge in [0, 0.05) is 12.8 Å². The fraction of sp³-hybridized carbons (Fsp3) is 0.673. The third-order valence-electron chi connectivity index (χ3n) is 10.2. The van der Waals surface area contributed by atoms with Crippen molar-refractivity contribution in [2.75, 3.05) is 13.2 Å². The van der Waals surface area contributed by atoms with Crippen molar-refractivity contribution >= 4 is 19.8 Å². The largest absolute Gasteiger partial charge is 0.472 e. The van der Waals surface area contributed by atoms with Crippen molar-refractivity contribution in [2.45, 2.75) is 198 Å². The minimum atomic E-state index is -5.15. The molecule has 6 N–H and O–H groups in total. The van der Waals surface area contributed by atoms with E-state index in [1.54, 1.807) is 0 Å². The van der Waals surface area contributed by atoms with Gasteiger partial charge >= 0.3 is 19.8 Å². The van der Waals surface area contributed by atoms with E-state index >= 15 is 0 Å². The van der Waals surface area contributed by atoms with Gasteiger partial charge < -0.3 is 39.9 Å². The van der Waals surface area contributed by atoms with E-state index < -0.39 is 75.7 Å². The van der Waals surface area contributed by atoms with Gasteiger partial charge in [-0.3, -0.25) is 18.6 Å². The second kappa shape index (κ2) is 38.3. The molecular formula is C49H81O13P. The van der Waals surface area contributed by atoms with Gasteiger partial charge in [0.1, 0.15) is 43.2 Å². The SMILES string of the molecule is CCCCC/C=C/C/C=C/C/C=C/C/C=C/C/C=C/CCC(=O)O[C@H](COC(=O)CCCCCCC/C=C/C/C=C/CCCCC)COP(=O)(O)OC1C(O)C(O)C(O)[C@@H](O)C1O. The number of hydrogen-bond acceptors (Lipinski definition) is 12. The molecule has 13 nitrogen and oxygen atoms in total. The van der Waals surface area contributed by atoms with E-state index in [0.29, 0.717) is 19.3 Å². The highest BCUT2D eigenvalue weighted by atomic mass is 31.2. The summed E-state index contributed by atoms with van der Waals surface area (Å²) in [6, 6.07) is 0. The summed E-state index contributed by atoms with van der Waals surface area (Å²) in [6.07, 6.45) is 36.4. The van der Waals surface area contributed by atoms with Crippen molar-refractivity contribution in [2.24, 2.45) is 0 Å². The van der Waals surface area contributed by atoms with Gasteiger partial charge in [0.15, 0.2) is 6.10 Å². The molecular weight excluding hydrogens is 828 g/mol. The Morgan fingerprint density at radius 3 is 1.37 bits per heavy atom. The fourth-order valence-corrected chi connectivity index (χ4v) is 7.39. The summed E-state index contributed by atoms with van der Waals surface area (Å²) in [5, 5.41) is 50.1. The Morgan fingerprint density at radius 2 is 0.889 bits per heavy atom. The van der Waals surface area contributed by atoms with Crippen LogP contribution >= 0.6 is 7.82 Å². The molecule has 0 heterocycles. The molecule has 1 fully saturated rings. The van der Waals surface area contributed by atoms with Crippen LogP contribution in [-0.4, -0.2) is 98.3 Å². The zero-order valence-corrected chi connectivity index (χ0v) is 39.0. The van der Waals surface area contributed by atoms with E-state index in [4.69, 9.17) is 18.5 Å². The van der Waals surface area contributed by atoms with Crippen LogP contribution < -0.4 is 0 Å². The van der Waals surface area contributed by atoms with Crippen LogP contribution in [0, 0.1) is 0 Å². The molecule has 8 atom stereocenters. The molecule has 0 aliphatic heterocycles. The van der Waals surface area contributed by atoms with Crippen molar-refractivity contribution in [3.05, 3.63) is 85.1 Å². The van der Waals surface area contributed by atoms with Crippen molar-refractivity contribution in [1.82, 2.24) is 0 Å². The zero-order chi connectivity index (χ0) is 46.4. The van der Waals surface area contributed by atoms with Crippen LogP contribution in [-0.2, 0) is 32.7 Å². The summed E-state index contributed by atoms with van der Waals surface area (Å²) < 4.78 is 33.4. The van der Waals surface area contributed by atoms with Gasteiger partial charge in [0.05, 0.1) is 6.61 Å². The molecule has 1 rings (SSSR count). The number of hydrogen-bond donors (Lipinski definition) is 6. The number of aliphatic hydroxyl groups is 5. The first kappa shape index (κ1) is 58.0. The Kier molecular flexibility index (Phi) is 35.3. The summed E-state index contributed by atoms with van der Waals surface area (Å²) in [6.45, 7) is 3.16. The van der Waals surface area contributed by atoms with Crippen molar-refractivity contribution in [3.63, 3.8) is 0 Å². The minimum Gasteiger partial charge on any atom is -0.462 e. The van der Waals surface area contributed by atoms with Crippen LogP contribution in [0.25, 0.3) is 0 Å². The number of aliphatic hydroxyl groups excluding tert-OH is 5. The fourth-order valence-electron chi connectivity index (χ4n) is 6.42. The molecule has 6 unspecified atom stereocenters. The van der Waals surface area contributed by atoms with Gasteiger partial charge in [-0.1, -0.05) is 144 Å². The molecule has 0 amide bonds. The Balaban J connectivity index is 2.53. The molecule has 0 aromatic heterocycles. The highest BCUT2D eigenvalue weighted by Gasteiger charge is 2.51. The lowest BCUT2D eigenvalue weighted by atomic mass is 9.85. The third-order valence-corrected chi connectivity index (χ3v) is 11.2. The van der Waals surface area contributed by atoms with Crippen LogP contribution in [0.15, 0.2) is 85.1 Å². The van der Waals surface area contributed by atoms with E-state index in [0.717, 1.165) is 70.6 Å². The van der Waals surface area contributed by atoms with Crippen LogP contribution in [0.3, 0.4) is 0 Å². The maximum absolute atomic E-state index is 12.8. The second-order valence-corrected chi connectivity index (χ2v) is 17.3. The standard InChI is InChI=1S/C49H81O13P/c1-3-5-7-9-11-13-15-17-19-20-21-22-24-26-28-30-32-34-36-38-43(51)61-41(40-60-63(57,58)62-49-47(55)45(53)44(52)46(54)48(49)56)39-59-42(50)37-35-33-31-29-27-25-23-18-16-14-12-10-8-6-4-2/h11-14,17-19,21-23,26,28,32,34,41,44-49,52-56H,3-10,15-16,20,24-25,27,29-31,33,35-40H2,1-2H3,(H,57,58)/b13-11+,14-12+,19-17+,22-21+,23-18+,28-26+,34-32+/t41-,44?,45-,46?,47?,48?,49?/m1/s1. The zero-order valence-electron chi connectivity index (χ0n) is 38.1. The highest BCUT2D eigenvalue weighted by molar-refractivity contribution is 7.47. The molecule has 1 aliphatic carbocycles. The maximum Gasteiger partial charge on any atom is 0.472 e. The lowest BCUT2D eigenvalue weighted by Crippen LogP contribution is -2.64. The molecule has 1 saturated carbocycles. The predicted octanol–water partition coefficient (Wildman–Crippen LogP) is 9.28. The molecule has 14 heteroatoms. The average Bonchev–Trinajstić information content (AvgIpc) is 3.26. The topological polar surface area (TPSA) is 210 Å². The van der Waals surface area contributed by atoms with Crippen molar-refractivity contribution in [1.29, 1.82) is 0 Å².